The van der Waals surface area contributed by atoms with Crippen LogP contribution in [0.5, 0.6) is 0 Å². The fourth-order valence-electron chi connectivity index (χ4n) is 4.21. The molecule has 0 aromatic carbocycles. The van der Waals surface area contributed by atoms with E-state index in [2.05, 4.69) is 63.8 Å². The Morgan fingerprint density at radius 2 is 1.02 bits per heavy atom. The van der Waals surface area contributed by atoms with Crippen molar-refractivity contribution in [3.05, 3.63) is 0 Å². The van der Waals surface area contributed by atoms with Gasteiger partial charge in [0.25, 0.3) is 0 Å². The Morgan fingerprint density at radius 3 is 1.47 bits per heavy atom. The van der Waals surface area contributed by atoms with Crippen LogP contribution in [-0.2, 0) is 32.1 Å². The van der Waals surface area contributed by atoms with E-state index in [4.69, 9.17) is 17.7 Å². The molecule has 0 aliphatic heterocycles. The van der Waals surface area contributed by atoms with Gasteiger partial charge in [-0.1, -0.05) is 39.5 Å². The summed E-state index contributed by atoms with van der Waals surface area (Å²) in [5.74, 6) is 0.288. The van der Waals surface area contributed by atoms with E-state index in [-0.39, 0.29) is 30.7 Å². The molecule has 0 unspecified atom stereocenters. The zero-order valence-electron chi connectivity index (χ0n) is 30.5. The Kier molecular flexibility index (Phi) is 27.1. The molecule has 45 heavy (non-hydrogen) atoms. The van der Waals surface area contributed by atoms with Gasteiger partial charge in [-0.05, 0) is 90.9 Å². The SMILES string of the molecule is CC(=O)CCCCCCNC(=O)COCCCOC(=O)NCCCCCCC(C)=O.CC[Si](C)(C)O[Si](C)(C)O[Si](C)(C)CC. The molecule has 0 saturated heterocycles. The zero-order valence-corrected chi connectivity index (χ0v) is 33.5. The molecule has 0 aromatic rings. The fraction of sp³-hybridized carbons (Fsp3) is 0.875. The van der Waals surface area contributed by atoms with Crippen LogP contribution >= 0.6 is 0 Å². The van der Waals surface area contributed by atoms with Gasteiger partial charge in [0.05, 0.1) is 13.2 Å². The lowest BCUT2D eigenvalue weighted by molar-refractivity contribution is -0.125. The Labute approximate surface area is 278 Å². The summed E-state index contributed by atoms with van der Waals surface area (Å²) in [5, 5.41) is 5.48. The minimum absolute atomic E-state index is 0.000160. The Hall–Kier alpha value is -1.39. The van der Waals surface area contributed by atoms with Crippen molar-refractivity contribution < 1.29 is 36.9 Å². The third-order valence-electron chi connectivity index (χ3n) is 7.15. The molecular formula is C32H68N2O8Si3. The number of rotatable bonds is 26. The quantitative estimate of drug-likeness (QED) is 0.0705. The number of alkyl carbamates (subject to hydrolysis) is 1. The molecule has 266 valence electrons. The third-order valence-corrected chi connectivity index (χ3v) is 18.9. The maximum Gasteiger partial charge on any atom is 0.407 e. The van der Waals surface area contributed by atoms with Gasteiger partial charge in [0.1, 0.15) is 18.2 Å². The molecule has 0 spiro atoms. The number of ketones is 2. The minimum atomic E-state index is -1.89. The van der Waals surface area contributed by atoms with Crippen LogP contribution in [0.2, 0.25) is 51.4 Å². The molecule has 10 nitrogen and oxygen atoms in total. The van der Waals surface area contributed by atoms with Gasteiger partial charge < -0.3 is 37.9 Å². The molecule has 0 aliphatic carbocycles. The molecule has 0 heterocycles. The number of unbranched alkanes of at least 4 members (excludes halogenated alkanes) is 6. The Bertz CT molecular complexity index is 762. The maximum atomic E-state index is 11.6. The average Bonchev–Trinajstić information content (AvgIpc) is 2.92. The highest BCUT2D eigenvalue weighted by Crippen LogP contribution is 2.23. The number of Topliss-reactive ketones (excluding diaryl/α,β-unsaturated/α-hetero) is 2. The summed E-state index contributed by atoms with van der Waals surface area (Å²) in [5.41, 5.74) is 0. The lowest BCUT2D eigenvalue weighted by Gasteiger charge is -2.38. The Morgan fingerprint density at radius 1 is 0.578 bits per heavy atom. The third kappa shape index (κ3) is 33.8. The number of carbonyl (C=O) groups is 4. The topological polar surface area (TPSA) is 129 Å². The molecule has 0 aromatic heterocycles. The van der Waals surface area contributed by atoms with Crippen LogP contribution in [0.15, 0.2) is 0 Å². The van der Waals surface area contributed by atoms with E-state index >= 15 is 0 Å². The number of hydrogen-bond donors (Lipinski definition) is 2. The van der Waals surface area contributed by atoms with Gasteiger partial charge in [-0.3, -0.25) is 4.79 Å². The second-order valence-corrected chi connectivity index (χ2v) is 26.3. The van der Waals surface area contributed by atoms with Crippen molar-refractivity contribution in [3.8, 4) is 0 Å². The second kappa shape index (κ2) is 26.7. The molecule has 0 aliphatic rings. The smallest absolute Gasteiger partial charge is 0.407 e. The molecule has 0 rings (SSSR count). The number of carbonyl (C=O) groups excluding carboxylic acids is 4. The van der Waals surface area contributed by atoms with E-state index in [0.717, 1.165) is 51.4 Å². The summed E-state index contributed by atoms with van der Waals surface area (Å²) >= 11 is 0. The predicted octanol–water partition coefficient (Wildman–Crippen LogP) is 7.49. The highest BCUT2D eigenvalue weighted by Gasteiger charge is 2.38. The van der Waals surface area contributed by atoms with Crippen molar-refractivity contribution in [1.82, 2.24) is 10.6 Å². The standard InChI is InChI=1S/C22H40N2O6.C10H28O2Si3/c1-19(25)12-7-3-5-9-14-23-21(27)18-29-16-11-17-30-22(28)24-15-10-6-4-8-13-20(2)26;1-9-13(3,4)11-15(7,8)12-14(5,6)10-2/h3-18H2,1-2H3,(H,23,27)(H,24,28);9-10H2,1-8H3. The van der Waals surface area contributed by atoms with E-state index in [1.165, 1.54) is 12.1 Å². The summed E-state index contributed by atoms with van der Waals surface area (Å²) in [6.07, 6.45) is 8.88. The molecule has 0 radical (unpaired) electrons. The van der Waals surface area contributed by atoms with Crippen molar-refractivity contribution in [2.45, 2.75) is 150 Å². The maximum absolute atomic E-state index is 11.6. The van der Waals surface area contributed by atoms with Gasteiger partial charge in [-0.2, -0.15) is 0 Å². The monoisotopic (exact) mass is 692 g/mol. The fourth-order valence-corrected chi connectivity index (χ4v) is 16.6. The van der Waals surface area contributed by atoms with E-state index in [9.17, 15) is 19.2 Å². The first kappa shape index (κ1) is 45.7. The first-order valence-corrected chi connectivity index (χ1v) is 26.1. The second-order valence-electron chi connectivity index (χ2n) is 13.4. The van der Waals surface area contributed by atoms with Crippen molar-refractivity contribution >= 4 is 48.8 Å². The molecule has 2 N–H and O–H groups in total. The van der Waals surface area contributed by atoms with Crippen LogP contribution in [0.1, 0.15) is 98.3 Å². The van der Waals surface area contributed by atoms with Crippen LogP contribution in [0.4, 0.5) is 4.79 Å². The molecule has 2 amide bonds. The van der Waals surface area contributed by atoms with E-state index in [1.54, 1.807) is 13.8 Å². The molecule has 0 saturated carbocycles. The lowest BCUT2D eigenvalue weighted by atomic mass is 10.1. The summed E-state index contributed by atoms with van der Waals surface area (Å²) in [6.45, 7) is 22.9. The number of hydrogen-bond acceptors (Lipinski definition) is 8. The van der Waals surface area contributed by atoms with E-state index < -0.39 is 31.3 Å². The van der Waals surface area contributed by atoms with Crippen LogP contribution in [0, 0.1) is 0 Å². The molecule has 0 fully saturated rings. The van der Waals surface area contributed by atoms with Gasteiger partial charge in [0.15, 0.2) is 16.6 Å². The first-order valence-electron chi connectivity index (χ1n) is 17.1. The van der Waals surface area contributed by atoms with Crippen molar-refractivity contribution in [2.75, 3.05) is 32.9 Å². The van der Waals surface area contributed by atoms with Crippen LogP contribution < -0.4 is 10.6 Å². The van der Waals surface area contributed by atoms with Gasteiger partial charge in [0.2, 0.25) is 5.91 Å². The first-order chi connectivity index (χ1) is 20.9. The van der Waals surface area contributed by atoms with Crippen molar-refractivity contribution in [1.29, 1.82) is 0 Å². The normalized spacial score (nSPS) is 11.8. The highest BCUT2D eigenvalue weighted by atomic mass is 28.5. The van der Waals surface area contributed by atoms with Crippen LogP contribution in [0.25, 0.3) is 0 Å². The summed E-state index contributed by atoms with van der Waals surface area (Å²) in [7, 11) is -4.83. The molecule has 0 atom stereocenters. The molecule has 0 bridgehead atoms. The van der Waals surface area contributed by atoms with Gasteiger partial charge in [0, 0.05) is 32.4 Å². The highest BCUT2D eigenvalue weighted by molar-refractivity contribution is 6.87. The van der Waals surface area contributed by atoms with Crippen LogP contribution in [0.3, 0.4) is 0 Å². The number of ether oxygens (including phenoxy) is 2. The summed E-state index contributed by atoms with van der Waals surface area (Å²) < 4.78 is 22.9. The molecular weight excluding hydrogens is 625 g/mol. The molecule has 13 heteroatoms. The Balaban J connectivity index is 0. The van der Waals surface area contributed by atoms with E-state index in [1.807, 2.05) is 0 Å². The average molecular weight is 693 g/mol. The summed E-state index contributed by atoms with van der Waals surface area (Å²) in [4.78, 5) is 44.7. The number of amides is 2. The van der Waals surface area contributed by atoms with Crippen molar-refractivity contribution in [3.63, 3.8) is 0 Å². The van der Waals surface area contributed by atoms with Crippen molar-refractivity contribution in [2.24, 2.45) is 0 Å². The minimum Gasteiger partial charge on any atom is -0.449 e. The van der Waals surface area contributed by atoms with Gasteiger partial charge in [-0.25, -0.2) is 4.79 Å². The largest absolute Gasteiger partial charge is 0.449 e. The zero-order chi connectivity index (χ0) is 34.8. The summed E-state index contributed by atoms with van der Waals surface area (Å²) in [6, 6.07) is 2.34. The van der Waals surface area contributed by atoms with Gasteiger partial charge >= 0.3 is 14.7 Å². The predicted molar refractivity (Wildman–Crippen MR) is 191 cm³/mol. The van der Waals surface area contributed by atoms with E-state index in [0.29, 0.717) is 39.0 Å². The number of nitrogens with one attached hydrogen (secondary N) is 2. The lowest BCUT2D eigenvalue weighted by Crippen LogP contribution is -2.51. The van der Waals surface area contributed by atoms with Crippen LogP contribution in [-0.4, -0.2) is 81.7 Å². The van der Waals surface area contributed by atoms with Gasteiger partial charge in [-0.15, -0.1) is 0 Å².